The van der Waals surface area contributed by atoms with Gasteiger partial charge in [0.15, 0.2) is 0 Å². The topological polar surface area (TPSA) is 109 Å². The van der Waals surface area contributed by atoms with Gasteiger partial charge in [0.1, 0.15) is 5.76 Å². The van der Waals surface area contributed by atoms with Gasteiger partial charge < -0.3 is 4.74 Å². The Morgan fingerprint density at radius 1 is 0.871 bits per heavy atom. The van der Waals surface area contributed by atoms with Crippen LogP contribution in [0.15, 0.2) is 22.7 Å². The van der Waals surface area contributed by atoms with Crippen LogP contribution in [0.2, 0.25) is 0 Å². The third kappa shape index (κ3) is 13.3. The Bertz CT molecular complexity index is 593. The molecule has 2 aliphatic rings. The summed E-state index contributed by atoms with van der Waals surface area (Å²) in [6.45, 7) is 39.9. The molecule has 1 atom stereocenters. The first-order valence-corrected chi connectivity index (χ1v) is 10.4. The van der Waals surface area contributed by atoms with Crippen molar-refractivity contribution in [1.82, 2.24) is 0 Å². The van der Waals surface area contributed by atoms with Crippen LogP contribution in [-0.4, -0.2) is 16.9 Å². The number of ether oxygens (including phenoxy) is 1. The van der Waals surface area contributed by atoms with Gasteiger partial charge in [-0.05, 0) is 47.9 Å². The second kappa shape index (κ2) is 22.3. The van der Waals surface area contributed by atoms with Crippen molar-refractivity contribution in [3.8, 4) is 0 Å². The minimum Gasteiger partial charge on any atom is 0 e. The average Bonchev–Trinajstić information content (AvgIpc) is 3.33. The van der Waals surface area contributed by atoms with Crippen LogP contribution < -0.4 is 0 Å². The van der Waals surface area contributed by atoms with Crippen LogP contribution in [0, 0.1) is 39.2 Å². The molecule has 0 amide bonds. The fourth-order valence-electron chi connectivity index (χ4n) is 4.04. The minimum absolute atomic E-state index is 0. The third-order valence-corrected chi connectivity index (χ3v) is 7.79. The predicted molar refractivity (Wildman–Crippen MR) is 110 cm³/mol. The second-order valence-corrected chi connectivity index (χ2v) is 11.8. The summed E-state index contributed by atoms with van der Waals surface area (Å²) in [6.07, 6.45) is 6.34. The number of fused-ring (bicyclic) bond motifs is 1. The van der Waals surface area contributed by atoms with Crippen LogP contribution >= 0.6 is 7.92 Å². The molecule has 0 aromatic carbocycles. The van der Waals surface area contributed by atoms with Crippen LogP contribution in [-0.2, 0) is 49.1 Å². The molecule has 170 valence electrons. The van der Waals surface area contributed by atoms with Gasteiger partial charge >= 0.3 is 56.5 Å². The Morgan fingerprint density at radius 3 is 1.58 bits per heavy atom. The van der Waals surface area contributed by atoms with Crippen LogP contribution in [0.25, 0.3) is 0 Å². The molecule has 1 saturated carbocycles. The maximum Gasteiger partial charge on any atom is 0 e. The van der Waals surface area contributed by atoms with Crippen molar-refractivity contribution in [3.05, 3.63) is 56.0 Å². The number of hydrogen-bond acceptors (Lipinski definition) is 1. The predicted octanol–water partition coefficient (Wildman–Crippen LogP) is 5.86. The Morgan fingerprint density at radius 2 is 1.26 bits per heavy atom. The molecule has 0 bridgehead atoms. The molecule has 0 aliphatic heterocycles. The largest absolute Gasteiger partial charge is 0 e. The van der Waals surface area contributed by atoms with E-state index in [4.69, 9.17) is 28.0 Å². The molecule has 1 fully saturated rings. The van der Waals surface area contributed by atoms with E-state index in [0.717, 1.165) is 6.61 Å². The molecule has 0 N–H and O–H groups in total. The van der Waals surface area contributed by atoms with Gasteiger partial charge in [0, 0.05) is 27.0 Å². The van der Waals surface area contributed by atoms with Crippen LogP contribution in [0.3, 0.4) is 0 Å². The average molecular weight is 618 g/mol. The van der Waals surface area contributed by atoms with E-state index < -0.39 is 0 Å². The molecule has 0 radical (unpaired) electrons. The molecule has 2 aliphatic carbocycles. The van der Waals surface area contributed by atoms with E-state index in [1.54, 1.807) is 10.9 Å². The molecule has 8 heteroatoms. The van der Waals surface area contributed by atoms with E-state index in [0.29, 0.717) is 16.2 Å². The molecule has 0 aromatic heterocycles. The fourth-order valence-corrected chi connectivity index (χ4v) is 8.31. The quantitative estimate of drug-likeness (QED) is 0.220. The number of rotatable bonds is 3. The maximum atomic E-state index is 7.50. The zero-order chi connectivity index (χ0) is 25.1. The van der Waals surface area contributed by atoms with Gasteiger partial charge in [0.05, 0.1) is 6.61 Å². The van der Waals surface area contributed by atoms with Gasteiger partial charge in [0.25, 0.3) is 0 Å². The van der Waals surface area contributed by atoms with Crippen LogP contribution in [0.5, 0.6) is 0 Å². The van der Waals surface area contributed by atoms with Crippen molar-refractivity contribution in [2.24, 2.45) is 5.92 Å². The van der Waals surface area contributed by atoms with Gasteiger partial charge in [-0.3, -0.25) is 0 Å². The number of allylic oxidation sites excluding steroid dienone is 3. The van der Waals surface area contributed by atoms with Gasteiger partial charge in [-0.15, -0.1) is 0 Å². The first kappa shape index (κ1) is 40.5. The third-order valence-electron chi connectivity index (χ3n) is 4.20. The Balaban J connectivity index is -0.000000180. The van der Waals surface area contributed by atoms with Gasteiger partial charge in [-0.25, -0.2) is 0 Å². The molecule has 6 nitrogen and oxygen atoms in total. The van der Waals surface area contributed by atoms with Crippen molar-refractivity contribution < 1.29 is 49.1 Å². The molecule has 0 aromatic rings. The van der Waals surface area contributed by atoms with Crippen LogP contribution in [0.1, 0.15) is 67.7 Å². The Kier molecular flexibility index (Phi) is 29.1. The fraction of sp³-hybridized carbons (Fsp3) is 0.609. The summed E-state index contributed by atoms with van der Waals surface area (Å²) in [5, 5.41) is 2.36. The van der Waals surface area contributed by atoms with Crippen molar-refractivity contribution in [2.45, 2.75) is 78.0 Å². The van der Waals surface area contributed by atoms with E-state index in [1.807, 2.05) is 0 Å². The summed E-state index contributed by atoms with van der Waals surface area (Å²) in [4.78, 5) is 0. The molecule has 0 saturated heterocycles. The molecule has 0 spiro atoms. The smallest absolute Gasteiger partial charge is 0 e. The minimum atomic E-state index is -0.190. The Hall–Kier alpha value is -0.902. The van der Waals surface area contributed by atoms with E-state index in [9.17, 15) is 0 Å². The van der Waals surface area contributed by atoms with Gasteiger partial charge in [0.2, 0.25) is 0 Å². The summed E-state index contributed by atoms with van der Waals surface area (Å²) >= 11 is 0. The second-order valence-electron chi connectivity index (χ2n) is 8.01. The van der Waals surface area contributed by atoms with Crippen LogP contribution in [0.4, 0.5) is 0 Å². The summed E-state index contributed by atoms with van der Waals surface area (Å²) in [5.74, 6) is 1.87. The molecule has 2 rings (SSSR count). The maximum absolute atomic E-state index is 7.50. The van der Waals surface area contributed by atoms with E-state index in [1.165, 1.54) is 25.0 Å². The molecular formula is C23H31O6PW. The summed E-state index contributed by atoms with van der Waals surface area (Å²) in [5.41, 5.74) is 1.71. The van der Waals surface area contributed by atoms with E-state index in [-0.39, 0.29) is 29.0 Å². The van der Waals surface area contributed by atoms with Crippen molar-refractivity contribution >= 4 is 7.92 Å². The van der Waals surface area contributed by atoms with Gasteiger partial charge in [-0.2, -0.15) is 0 Å². The summed E-state index contributed by atoms with van der Waals surface area (Å²) in [6, 6.07) is 0. The van der Waals surface area contributed by atoms with Crippen molar-refractivity contribution in [1.29, 1.82) is 0 Å². The zero-order valence-electron chi connectivity index (χ0n) is 19.3. The summed E-state index contributed by atoms with van der Waals surface area (Å²) in [7, 11) is -0.190. The number of hydrogen-bond donors (Lipinski definition) is 0. The normalized spacial score (nSPS) is 15.4. The van der Waals surface area contributed by atoms with Gasteiger partial charge in [-0.1, -0.05) is 55.0 Å². The molecule has 31 heavy (non-hydrogen) atoms. The van der Waals surface area contributed by atoms with Crippen molar-refractivity contribution in [2.75, 3.05) is 6.61 Å². The first-order chi connectivity index (χ1) is 14.2. The molecule has 0 heterocycles. The Labute approximate surface area is 203 Å². The first-order valence-electron chi connectivity index (χ1n) is 9.06. The SMILES string of the molecule is CCOC1=CC(P(C(C)(C)C)C(C)(C)C)=C2CCCC12.[C-]#[O+].[C-]#[O+].[C-]#[O+].[C-]#[O+].[C-]#[O+].[W]. The standard InChI is InChI=1S/C18H31OP.5CO.W/c1-8-19-15-12-16(14-11-9-10-13(14)15)20(17(2,3)4)18(5,6)7;5*1-2;/h12-13H,8-11H2,1-7H3;;;;;;. The monoisotopic (exact) mass is 618 g/mol. The molecular weight excluding hydrogens is 587 g/mol. The summed E-state index contributed by atoms with van der Waals surface area (Å²) < 4.78 is 43.5. The zero-order valence-corrected chi connectivity index (χ0v) is 23.1. The van der Waals surface area contributed by atoms with E-state index in [2.05, 4.69) is 87.8 Å². The van der Waals surface area contributed by atoms with Crippen molar-refractivity contribution in [3.63, 3.8) is 0 Å². The van der Waals surface area contributed by atoms with E-state index >= 15 is 0 Å². The molecule has 1 unspecified atom stereocenters.